The van der Waals surface area contributed by atoms with Gasteiger partial charge in [0.25, 0.3) is 5.91 Å². The van der Waals surface area contributed by atoms with Crippen LogP contribution in [0.1, 0.15) is 104 Å². The molecule has 0 saturated carbocycles. The molecule has 0 radical (unpaired) electrons. The Bertz CT molecular complexity index is 2960. The van der Waals surface area contributed by atoms with E-state index in [2.05, 4.69) is 55.6 Å². The number of nitriles is 1. The number of anilines is 1. The van der Waals surface area contributed by atoms with E-state index >= 15 is 4.39 Å². The Balaban J connectivity index is 0.794. The highest BCUT2D eigenvalue weighted by Crippen LogP contribution is 2.35. The lowest BCUT2D eigenvalue weighted by Crippen LogP contribution is -2.62. The predicted molar refractivity (Wildman–Crippen MR) is 277 cm³/mol. The zero-order valence-corrected chi connectivity index (χ0v) is 42.9. The van der Waals surface area contributed by atoms with E-state index < -0.39 is 35.0 Å². The molecule has 17 nitrogen and oxygen atoms in total. The standard InChI is InChI=1S/C56H65F2N11O6/c1-4-19-64(20-16-52(72)67-32-44(33-67)65-21-14-38(15-22-65)39-6-7-41(37(3)25-39)31-68(36-70)49-11-13-51(71)62-55(49)74)35-56(63-54(73)47-26-43(57)9-10-48(47)58)17-23-66(24-18-56)50-12-8-40(29-60-50)46-27-45(75-5-2)34-69-53(46)42(28-59)30-61-69/h6-10,12,25-27,29-30,34,36,38,44,49H,4-5,11,13-24,31-33,35H2,1-3H3,(H,63,73)(H,62,71,74). The Kier molecular flexibility index (Phi) is 16.2. The Morgan fingerprint density at radius 3 is 2.45 bits per heavy atom. The molecule has 75 heavy (non-hydrogen) atoms. The lowest BCUT2D eigenvalue weighted by molar-refractivity contribution is -0.141. The molecule has 9 rings (SSSR count). The average Bonchev–Trinajstić information content (AvgIpc) is 3.82. The van der Waals surface area contributed by atoms with Crippen LogP contribution in [-0.4, -0.2) is 147 Å². The molecule has 0 bridgehead atoms. The molecule has 1 unspecified atom stereocenters. The fourth-order valence-corrected chi connectivity index (χ4v) is 11.3. The maximum atomic E-state index is 15.0. The molecular weight excluding hydrogens is 961 g/mol. The van der Waals surface area contributed by atoms with Crippen molar-refractivity contribution in [2.24, 2.45) is 0 Å². The first-order chi connectivity index (χ1) is 36.3. The van der Waals surface area contributed by atoms with Crippen LogP contribution in [-0.2, 0) is 25.7 Å². The third-order valence-electron chi connectivity index (χ3n) is 15.6. The highest BCUT2D eigenvalue weighted by molar-refractivity contribution is 6.01. The Morgan fingerprint density at radius 2 is 1.77 bits per heavy atom. The molecule has 5 amide bonds. The Hall–Kier alpha value is -7.30. The van der Waals surface area contributed by atoms with E-state index in [9.17, 15) is 33.6 Å². The van der Waals surface area contributed by atoms with Gasteiger partial charge in [-0.15, -0.1) is 0 Å². The number of nitrogens with one attached hydrogen (secondary N) is 2. The van der Waals surface area contributed by atoms with E-state index in [0.29, 0.717) is 120 Å². The van der Waals surface area contributed by atoms with Crippen LogP contribution < -0.4 is 20.3 Å². The second-order valence-electron chi connectivity index (χ2n) is 20.5. The summed E-state index contributed by atoms with van der Waals surface area (Å²) < 4.78 is 36.8. The van der Waals surface area contributed by atoms with Gasteiger partial charge in [-0.2, -0.15) is 10.4 Å². The zero-order chi connectivity index (χ0) is 52.8. The first-order valence-electron chi connectivity index (χ1n) is 26.2. The van der Waals surface area contributed by atoms with Gasteiger partial charge in [0.2, 0.25) is 24.1 Å². The number of benzene rings is 2. The van der Waals surface area contributed by atoms with Gasteiger partial charge in [0, 0.05) is 82.0 Å². The van der Waals surface area contributed by atoms with Crippen LogP contribution in [0.4, 0.5) is 14.6 Å². The summed E-state index contributed by atoms with van der Waals surface area (Å²) in [5.74, 6) is -1.16. The molecule has 394 valence electrons. The summed E-state index contributed by atoms with van der Waals surface area (Å²) in [5.41, 5.74) is 4.70. The van der Waals surface area contributed by atoms with Crippen molar-refractivity contribution < 1.29 is 37.5 Å². The summed E-state index contributed by atoms with van der Waals surface area (Å²) in [4.78, 5) is 78.7. The number of hydrogen-bond donors (Lipinski definition) is 2. The van der Waals surface area contributed by atoms with Crippen molar-refractivity contribution >= 4 is 41.4 Å². The minimum atomic E-state index is -0.824. The van der Waals surface area contributed by atoms with Gasteiger partial charge in [-0.05, 0) is 131 Å². The van der Waals surface area contributed by atoms with Gasteiger partial charge in [0.05, 0.1) is 41.2 Å². The molecular formula is C56H65F2N11O6. The van der Waals surface area contributed by atoms with Crippen molar-refractivity contribution in [3.8, 4) is 22.9 Å². The number of rotatable bonds is 19. The van der Waals surface area contributed by atoms with E-state index in [4.69, 9.17) is 9.72 Å². The average molecular weight is 1030 g/mol. The molecule has 4 aliphatic rings. The SMILES string of the molecule is CCCN(CCC(=O)N1CC(N2CCC(c3ccc(CN(C=O)C4CCC(=O)NC4=O)c(C)c3)CC2)C1)CC1(NC(=O)c2cc(F)ccc2F)CCN(c2ccc(-c3cc(OCC)cn4ncc(C#N)c34)cn2)CC1. The third kappa shape index (κ3) is 11.8. The first kappa shape index (κ1) is 52.6. The molecule has 2 N–H and O–H groups in total. The summed E-state index contributed by atoms with van der Waals surface area (Å²) in [6.07, 6.45) is 10.3. The number of nitrogens with zero attached hydrogens (tertiary/aromatic N) is 9. The van der Waals surface area contributed by atoms with E-state index in [1.807, 2.05) is 43.0 Å². The molecule has 4 aliphatic heterocycles. The number of fused-ring (bicyclic) bond motifs is 1. The summed E-state index contributed by atoms with van der Waals surface area (Å²) in [5, 5.41) is 19.7. The lowest BCUT2D eigenvalue weighted by Gasteiger charge is -2.48. The quantitative estimate of drug-likeness (QED) is 0.0729. The third-order valence-corrected chi connectivity index (χ3v) is 15.6. The monoisotopic (exact) mass is 1030 g/mol. The van der Waals surface area contributed by atoms with Crippen molar-refractivity contribution in [1.29, 1.82) is 5.26 Å². The number of likely N-dealkylation sites (tertiary alicyclic amines) is 2. The van der Waals surface area contributed by atoms with Gasteiger partial charge in [-0.25, -0.2) is 18.3 Å². The van der Waals surface area contributed by atoms with Crippen molar-refractivity contribution in [3.05, 3.63) is 113 Å². The van der Waals surface area contributed by atoms with E-state index in [1.54, 1.807) is 16.9 Å². The fraction of sp³-hybridized carbons (Fsp3) is 0.464. The Morgan fingerprint density at radius 1 is 0.987 bits per heavy atom. The zero-order valence-electron chi connectivity index (χ0n) is 42.9. The van der Waals surface area contributed by atoms with Crippen LogP contribution in [0.2, 0.25) is 0 Å². The van der Waals surface area contributed by atoms with Crippen LogP contribution in [0.3, 0.4) is 0 Å². The predicted octanol–water partition coefficient (Wildman–Crippen LogP) is 5.98. The van der Waals surface area contributed by atoms with E-state index in [1.165, 1.54) is 16.7 Å². The number of hydrogen-bond acceptors (Lipinski definition) is 12. The summed E-state index contributed by atoms with van der Waals surface area (Å²) >= 11 is 0. The second kappa shape index (κ2) is 23.1. The molecule has 2 aromatic carbocycles. The van der Waals surface area contributed by atoms with Crippen LogP contribution in [0, 0.1) is 29.9 Å². The largest absolute Gasteiger partial charge is 0.492 e. The molecule has 3 aromatic heterocycles. The molecule has 0 aliphatic carbocycles. The number of carbonyl (C=O) groups excluding carboxylic acids is 5. The Labute approximate surface area is 435 Å². The number of aryl methyl sites for hydroxylation is 1. The minimum absolute atomic E-state index is 0.0789. The molecule has 4 fully saturated rings. The van der Waals surface area contributed by atoms with Crippen molar-refractivity contribution in [2.75, 3.05) is 70.4 Å². The molecule has 0 spiro atoms. The fourth-order valence-electron chi connectivity index (χ4n) is 11.3. The molecule has 1 atom stereocenters. The van der Waals surface area contributed by atoms with Crippen LogP contribution >= 0.6 is 0 Å². The molecule has 5 aromatic rings. The van der Waals surface area contributed by atoms with E-state index in [0.717, 1.165) is 78.6 Å². The number of amides is 5. The number of aromatic nitrogens is 3. The highest BCUT2D eigenvalue weighted by atomic mass is 19.1. The van der Waals surface area contributed by atoms with Gasteiger partial charge >= 0.3 is 0 Å². The number of ether oxygens (including phenoxy) is 1. The number of carbonyl (C=O) groups is 5. The van der Waals surface area contributed by atoms with Gasteiger partial charge in [0.15, 0.2) is 0 Å². The maximum Gasteiger partial charge on any atom is 0.254 e. The van der Waals surface area contributed by atoms with Crippen molar-refractivity contribution in [3.63, 3.8) is 0 Å². The van der Waals surface area contributed by atoms with Crippen LogP contribution in [0.15, 0.2) is 73.2 Å². The van der Waals surface area contributed by atoms with E-state index in [-0.39, 0.29) is 23.8 Å². The van der Waals surface area contributed by atoms with Gasteiger partial charge in [0.1, 0.15) is 35.3 Å². The maximum absolute atomic E-state index is 15.0. The summed E-state index contributed by atoms with van der Waals surface area (Å²) in [7, 11) is 0. The first-order valence-corrected chi connectivity index (χ1v) is 26.2. The normalized spacial score (nSPS) is 18.4. The van der Waals surface area contributed by atoms with Crippen LogP contribution in [0.25, 0.3) is 16.6 Å². The number of imide groups is 1. The van der Waals surface area contributed by atoms with Crippen LogP contribution in [0.5, 0.6) is 5.75 Å². The van der Waals surface area contributed by atoms with Crippen molar-refractivity contribution in [1.82, 2.24) is 44.8 Å². The van der Waals surface area contributed by atoms with Crippen molar-refractivity contribution in [2.45, 2.75) is 102 Å². The molecule has 19 heteroatoms. The van der Waals surface area contributed by atoms with Gasteiger partial charge < -0.3 is 29.7 Å². The highest BCUT2D eigenvalue weighted by Gasteiger charge is 2.40. The summed E-state index contributed by atoms with van der Waals surface area (Å²) in [6, 6.07) is 16.8. The summed E-state index contributed by atoms with van der Waals surface area (Å²) in [6.45, 7) is 12.5. The smallest absolute Gasteiger partial charge is 0.254 e. The minimum Gasteiger partial charge on any atom is -0.492 e. The molecule has 7 heterocycles. The number of piperidine rings is 3. The molecule has 4 saturated heterocycles. The number of halogens is 2. The topological polar surface area (TPSA) is 189 Å². The van der Waals surface area contributed by atoms with Gasteiger partial charge in [-0.3, -0.25) is 34.2 Å². The number of pyridine rings is 2. The lowest BCUT2D eigenvalue weighted by atomic mass is 9.86. The second-order valence-corrected chi connectivity index (χ2v) is 20.5. The van der Waals surface area contributed by atoms with Gasteiger partial charge in [-0.1, -0.05) is 25.1 Å².